The molecule has 0 aromatic heterocycles. The van der Waals surface area contributed by atoms with Crippen LogP contribution in [0.3, 0.4) is 0 Å². The van der Waals surface area contributed by atoms with Crippen molar-refractivity contribution >= 4 is 0 Å². The molecule has 0 spiro atoms. The molecule has 1 aromatic carbocycles. The van der Waals surface area contributed by atoms with Crippen molar-refractivity contribution in [2.45, 2.75) is 40.7 Å². The van der Waals surface area contributed by atoms with Gasteiger partial charge in [-0.3, -0.25) is 0 Å². The average molecular weight is 180 g/mol. The van der Waals surface area contributed by atoms with Gasteiger partial charge < -0.3 is 5.11 Å². The summed E-state index contributed by atoms with van der Waals surface area (Å²) < 4.78 is 0. The van der Waals surface area contributed by atoms with E-state index < -0.39 is 0 Å². The molecule has 0 saturated heterocycles. The molecule has 0 heterocycles. The molecule has 0 unspecified atom stereocenters. The molecule has 13 heavy (non-hydrogen) atoms. The second kappa shape index (κ2) is 5.76. The third kappa shape index (κ3) is 7.54. The highest BCUT2D eigenvalue weighted by Gasteiger charge is 1.87. The summed E-state index contributed by atoms with van der Waals surface area (Å²) in [6.07, 6.45) is -0.167. The lowest BCUT2D eigenvalue weighted by Gasteiger charge is -1.96. The summed E-state index contributed by atoms with van der Waals surface area (Å²) >= 11 is 0. The fourth-order valence-electron chi connectivity index (χ4n) is 1.20. The fraction of sp³-hybridized carbons (Fsp3) is 0.500. The summed E-state index contributed by atoms with van der Waals surface area (Å²) in [5, 5.41) is 8.06. The second-order valence-corrected chi connectivity index (χ2v) is 3.76. The summed E-state index contributed by atoms with van der Waals surface area (Å²) in [6, 6.07) is 6.56. The van der Waals surface area contributed by atoms with Crippen LogP contribution in [0.1, 0.15) is 30.5 Å². The first-order valence-electron chi connectivity index (χ1n) is 4.64. The molecule has 0 saturated carbocycles. The first-order chi connectivity index (χ1) is 5.91. The summed E-state index contributed by atoms with van der Waals surface area (Å²) in [6.45, 7) is 9.82. The van der Waals surface area contributed by atoms with Gasteiger partial charge in [0, 0.05) is 6.10 Å². The number of hydrogen-bond donors (Lipinski definition) is 1. The van der Waals surface area contributed by atoms with Crippen molar-refractivity contribution in [3.63, 3.8) is 0 Å². The third-order valence-electron chi connectivity index (χ3n) is 1.37. The molecule has 1 nitrogen and oxygen atoms in total. The maximum absolute atomic E-state index is 8.06. The quantitative estimate of drug-likeness (QED) is 0.650. The minimum Gasteiger partial charge on any atom is -0.394 e. The monoisotopic (exact) mass is 180 g/mol. The molecule has 0 bridgehead atoms. The van der Waals surface area contributed by atoms with Gasteiger partial charge in [0.25, 0.3) is 0 Å². The highest BCUT2D eigenvalue weighted by Crippen LogP contribution is 2.06. The van der Waals surface area contributed by atoms with Crippen LogP contribution in [0.25, 0.3) is 0 Å². The SMILES string of the molecule is CC(C)O.Cc1cc(C)cc(C)c1. The zero-order valence-corrected chi connectivity index (χ0v) is 9.26. The van der Waals surface area contributed by atoms with Gasteiger partial charge in [-0.05, 0) is 34.6 Å². The average Bonchev–Trinajstić information content (AvgIpc) is 1.80. The highest BCUT2D eigenvalue weighted by molar-refractivity contribution is 5.27. The molecule has 1 aromatic rings. The van der Waals surface area contributed by atoms with Crippen LogP contribution in [0.4, 0.5) is 0 Å². The molecule has 0 aliphatic carbocycles. The molecule has 1 heteroatoms. The number of aliphatic hydroxyl groups excluding tert-OH is 1. The van der Waals surface area contributed by atoms with Crippen molar-refractivity contribution in [1.82, 2.24) is 0 Å². The molecule has 74 valence electrons. The van der Waals surface area contributed by atoms with E-state index in [4.69, 9.17) is 5.11 Å². The Bertz CT molecular complexity index is 198. The predicted molar refractivity (Wildman–Crippen MR) is 58.0 cm³/mol. The first kappa shape index (κ1) is 12.2. The van der Waals surface area contributed by atoms with Crippen LogP contribution in [-0.4, -0.2) is 11.2 Å². The molecule has 0 aliphatic rings. The molecule has 1 rings (SSSR count). The molecular weight excluding hydrogens is 160 g/mol. The topological polar surface area (TPSA) is 20.2 Å². The number of aryl methyl sites for hydroxylation is 3. The molecule has 0 amide bonds. The largest absolute Gasteiger partial charge is 0.394 e. The van der Waals surface area contributed by atoms with Gasteiger partial charge >= 0.3 is 0 Å². The van der Waals surface area contributed by atoms with Crippen molar-refractivity contribution in [2.24, 2.45) is 0 Å². The summed E-state index contributed by atoms with van der Waals surface area (Å²) in [4.78, 5) is 0. The lowest BCUT2D eigenvalue weighted by Crippen LogP contribution is -1.85. The van der Waals surface area contributed by atoms with Gasteiger partial charge in [0.2, 0.25) is 0 Å². The zero-order valence-electron chi connectivity index (χ0n) is 9.26. The van der Waals surface area contributed by atoms with Crippen LogP contribution in [0.5, 0.6) is 0 Å². The van der Waals surface area contributed by atoms with E-state index in [1.54, 1.807) is 13.8 Å². The third-order valence-corrected chi connectivity index (χ3v) is 1.37. The number of hydrogen-bond acceptors (Lipinski definition) is 1. The Labute approximate surface area is 81.4 Å². The lowest BCUT2D eigenvalue weighted by molar-refractivity contribution is 0.216. The van der Waals surface area contributed by atoms with Crippen LogP contribution in [0, 0.1) is 20.8 Å². The summed E-state index contributed by atoms with van der Waals surface area (Å²) in [5.74, 6) is 0. The van der Waals surface area contributed by atoms with E-state index in [0.717, 1.165) is 0 Å². The minimum atomic E-state index is -0.167. The summed E-state index contributed by atoms with van der Waals surface area (Å²) in [7, 11) is 0. The normalized spacial score (nSPS) is 9.46. The van der Waals surface area contributed by atoms with Crippen molar-refractivity contribution in [3.05, 3.63) is 34.9 Å². The Morgan fingerprint density at radius 2 is 1.00 bits per heavy atom. The van der Waals surface area contributed by atoms with E-state index in [2.05, 4.69) is 39.0 Å². The smallest absolute Gasteiger partial charge is 0.0483 e. The zero-order chi connectivity index (χ0) is 10.4. The molecule has 0 radical (unpaired) electrons. The maximum Gasteiger partial charge on any atom is 0.0483 e. The van der Waals surface area contributed by atoms with Crippen LogP contribution >= 0.6 is 0 Å². The van der Waals surface area contributed by atoms with Crippen LogP contribution in [0.2, 0.25) is 0 Å². The van der Waals surface area contributed by atoms with Gasteiger partial charge in [-0.15, -0.1) is 0 Å². The van der Waals surface area contributed by atoms with Gasteiger partial charge in [-0.1, -0.05) is 34.9 Å². The summed E-state index contributed by atoms with van der Waals surface area (Å²) in [5.41, 5.74) is 4.06. The Kier molecular flexibility index (Phi) is 5.40. The van der Waals surface area contributed by atoms with Crippen LogP contribution < -0.4 is 0 Å². The predicted octanol–water partition coefficient (Wildman–Crippen LogP) is 3.00. The van der Waals surface area contributed by atoms with Gasteiger partial charge in [0.1, 0.15) is 0 Å². The van der Waals surface area contributed by atoms with Crippen LogP contribution in [0.15, 0.2) is 18.2 Å². The van der Waals surface area contributed by atoms with Crippen molar-refractivity contribution < 1.29 is 5.11 Å². The van der Waals surface area contributed by atoms with Crippen LogP contribution in [-0.2, 0) is 0 Å². The second-order valence-electron chi connectivity index (χ2n) is 3.76. The van der Waals surface area contributed by atoms with E-state index in [1.165, 1.54) is 16.7 Å². The highest BCUT2D eigenvalue weighted by atomic mass is 16.3. The van der Waals surface area contributed by atoms with E-state index in [1.807, 2.05) is 0 Å². The van der Waals surface area contributed by atoms with Gasteiger partial charge in [0.15, 0.2) is 0 Å². The molecule has 1 N–H and O–H groups in total. The van der Waals surface area contributed by atoms with Gasteiger partial charge in [-0.2, -0.15) is 0 Å². The number of rotatable bonds is 0. The molecular formula is C12H20O. The maximum atomic E-state index is 8.06. The van der Waals surface area contributed by atoms with Crippen molar-refractivity contribution in [3.8, 4) is 0 Å². The fourth-order valence-corrected chi connectivity index (χ4v) is 1.20. The molecule has 0 fully saturated rings. The molecule has 0 atom stereocenters. The van der Waals surface area contributed by atoms with Crippen molar-refractivity contribution in [1.29, 1.82) is 0 Å². The Hall–Kier alpha value is -0.820. The van der Waals surface area contributed by atoms with E-state index in [0.29, 0.717) is 0 Å². The minimum absolute atomic E-state index is 0.167. The van der Waals surface area contributed by atoms with E-state index in [9.17, 15) is 0 Å². The van der Waals surface area contributed by atoms with Gasteiger partial charge in [-0.25, -0.2) is 0 Å². The van der Waals surface area contributed by atoms with Crippen molar-refractivity contribution in [2.75, 3.05) is 0 Å². The van der Waals surface area contributed by atoms with E-state index in [-0.39, 0.29) is 6.10 Å². The Morgan fingerprint density at radius 1 is 0.846 bits per heavy atom. The first-order valence-corrected chi connectivity index (χ1v) is 4.64. The number of aliphatic hydroxyl groups is 1. The lowest BCUT2D eigenvalue weighted by atomic mass is 10.1. The Morgan fingerprint density at radius 3 is 1.15 bits per heavy atom. The Balaban J connectivity index is 0.000000310. The van der Waals surface area contributed by atoms with Gasteiger partial charge in [0.05, 0.1) is 0 Å². The molecule has 0 aliphatic heterocycles. The standard InChI is InChI=1S/C9H12.C3H8O/c1-7-4-8(2)6-9(3)5-7;1-3(2)4/h4-6H,1-3H3;3-4H,1-2H3. The number of benzene rings is 1. The van der Waals surface area contributed by atoms with E-state index >= 15 is 0 Å².